The Morgan fingerprint density at radius 1 is 1.27 bits per heavy atom. The molecule has 0 fully saturated rings. The fraction of sp³-hybridized carbons (Fsp3) is 0.538. The molecule has 0 aliphatic heterocycles. The smallest absolute Gasteiger partial charge is 0.0303 e. The fourth-order valence-electron chi connectivity index (χ4n) is 1.46. The van der Waals surface area contributed by atoms with Crippen LogP contribution in [0.4, 0.5) is 0 Å². The van der Waals surface area contributed by atoms with Gasteiger partial charge in [-0.1, -0.05) is 38.5 Å². The van der Waals surface area contributed by atoms with Crippen molar-refractivity contribution < 1.29 is 0 Å². The van der Waals surface area contributed by atoms with Gasteiger partial charge in [-0.3, -0.25) is 0 Å². The number of benzene rings is 1. The van der Waals surface area contributed by atoms with Crippen LogP contribution < -0.4 is 5.73 Å². The van der Waals surface area contributed by atoms with Gasteiger partial charge in [0.1, 0.15) is 0 Å². The Kier molecular flexibility index (Phi) is 5.81. The minimum absolute atomic E-state index is 0.190. The van der Waals surface area contributed by atoms with Crippen LogP contribution in [0.25, 0.3) is 0 Å². The molecule has 0 radical (unpaired) electrons. The molecule has 0 aromatic heterocycles. The van der Waals surface area contributed by atoms with Gasteiger partial charge in [0.25, 0.3) is 0 Å². The first-order chi connectivity index (χ1) is 7.29. The van der Waals surface area contributed by atoms with Crippen molar-refractivity contribution in [1.82, 2.24) is 0 Å². The van der Waals surface area contributed by atoms with Crippen LogP contribution in [0.15, 0.2) is 29.2 Å². The zero-order chi connectivity index (χ0) is 11.1. The van der Waals surface area contributed by atoms with Crippen LogP contribution in [0, 0.1) is 0 Å². The Morgan fingerprint density at radius 3 is 2.67 bits per heavy atom. The van der Waals surface area contributed by atoms with Gasteiger partial charge in [-0.2, -0.15) is 0 Å². The zero-order valence-electron chi connectivity index (χ0n) is 9.70. The third kappa shape index (κ3) is 3.88. The molecular formula is C13H21NS. The molecule has 1 rings (SSSR count). The lowest BCUT2D eigenvalue weighted by Gasteiger charge is -2.14. The van der Waals surface area contributed by atoms with Crippen LogP contribution >= 0.6 is 11.8 Å². The fourth-order valence-corrected chi connectivity index (χ4v) is 2.68. The molecule has 0 aliphatic carbocycles. The third-order valence-electron chi connectivity index (χ3n) is 2.51. The molecular weight excluding hydrogens is 202 g/mol. The predicted molar refractivity (Wildman–Crippen MR) is 69.3 cm³/mol. The van der Waals surface area contributed by atoms with Crippen LogP contribution in [0.1, 0.15) is 44.7 Å². The third-order valence-corrected chi connectivity index (χ3v) is 3.69. The van der Waals surface area contributed by atoms with Gasteiger partial charge >= 0.3 is 0 Å². The topological polar surface area (TPSA) is 26.0 Å². The summed E-state index contributed by atoms with van der Waals surface area (Å²) in [5.41, 5.74) is 7.39. The summed E-state index contributed by atoms with van der Waals surface area (Å²) in [6.07, 6.45) is 3.54. The lowest BCUT2D eigenvalue weighted by molar-refractivity contribution is 0.685. The molecule has 2 N–H and O–H groups in total. The van der Waals surface area contributed by atoms with Gasteiger partial charge in [0.15, 0.2) is 0 Å². The lowest BCUT2D eigenvalue weighted by atomic mass is 10.1. The molecule has 84 valence electrons. The van der Waals surface area contributed by atoms with Crippen molar-refractivity contribution in [2.75, 3.05) is 5.75 Å². The molecule has 0 unspecified atom stereocenters. The number of unbranched alkanes of at least 4 members (excludes halogenated alkanes) is 1. The van der Waals surface area contributed by atoms with E-state index >= 15 is 0 Å². The summed E-state index contributed by atoms with van der Waals surface area (Å²) in [7, 11) is 0. The molecule has 1 aromatic carbocycles. The zero-order valence-corrected chi connectivity index (χ0v) is 10.5. The number of rotatable bonds is 6. The van der Waals surface area contributed by atoms with Crippen molar-refractivity contribution in [1.29, 1.82) is 0 Å². The molecule has 1 aromatic rings. The van der Waals surface area contributed by atoms with E-state index in [1.807, 2.05) is 11.8 Å². The average molecular weight is 223 g/mol. The second kappa shape index (κ2) is 6.91. The van der Waals surface area contributed by atoms with Gasteiger partial charge in [0.05, 0.1) is 0 Å². The minimum atomic E-state index is 0.190. The molecule has 0 aliphatic rings. The number of hydrogen-bond donors (Lipinski definition) is 1. The summed E-state index contributed by atoms with van der Waals surface area (Å²) in [4.78, 5) is 1.36. The quantitative estimate of drug-likeness (QED) is 0.583. The van der Waals surface area contributed by atoms with E-state index in [4.69, 9.17) is 5.73 Å². The maximum atomic E-state index is 6.09. The Bertz CT molecular complexity index is 286. The Balaban J connectivity index is 2.68. The predicted octanol–water partition coefficient (Wildman–Crippen LogP) is 3.99. The largest absolute Gasteiger partial charge is 0.324 e. The molecule has 0 saturated heterocycles. The molecule has 0 bridgehead atoms. The Labute approximate surface area is 97.4 Å². The Hall–Kier alpha value is -0.470. The SMILES string of the molecule is CCCCSc1ccccc1[C@@H](N)CC. The molecule has 0 spiro atoms. The second-order valence-corrected chi connectivity index (χ2v) is 4.89. The van der Waals surface area contributed by atoms with Gasteiger partial charge in [-0.25, -0.2) is 0 Å². The first kappa shape index (κ1) is 12.6. The summed E-state index contributed by atoms with van der Waals surface area (Å²) in [5.74, 6) is 1.20. The standard InChI is InChI=1S/C13H21NS/c1-3-5-10-15-13-9-7-6-8-11(13)12(14)4-2/h6-9,12H,3-5,10,14H2,1-2H3/t12-/m0/s1. The monoisotopic (exact) mass is 223 g/mol. The number of hydrogen-bond acceptors (Lipinski definition) is 2. The molecule has 15 heavy (non-hydrogen) atoms. The van der Waals surface area contributed by atoms with Crippen molar-refractivity contribution in [2.45, 2.75) is 44.0 Å². The molecule has 2 heteroatoms. The highest BCUT2D eigenvalue weighted by Gasteiger charge is 2.08. The van der Waals surface area contributed by atoms with Gasteiger partial charge in [0, 0.05) is 10.9 Å². The van der Waals surface area contributed by atoms with E-state index in [2.05, 4.69) is 38.1 Å². The normalized spacial score (nSPS) is 12.7. The number of nitrogens with two attached hydrogens (primary N) is 1. The van der Waals surface area contributed by atoms with E-state index in [1.165, 1.54) is 29.1 Å². The van der Waals surface area contributed by atoms with E-state index in [-0.39, 0.29) is 6.04 Å². The van der Waals surface area contributed by atoms with Crippen LogP contribution in [0.3, 0.4) is 0 Å². The summed E-state index contributed by atoms with van der Waals surface area (Å²) in [6.45, 7) is 4.36. The first-order valence-corrected chi connectivity index (χ1v) is 6.75. The van der Waals surface area contributed by atoms with E-state index in [9.17, 15) is 0 Å². The highest BCUT2D eigenvalue weighted by molar-refractivity contribution is 7.99. The van der Waals surface area contributed by atoms with Crippen LogP contribution in [-0.4, -0.2) is 5.75 Å². The van der Waals surface area contributed by atoms with Crippen molar-refractivity contribution in [3.05, 3.63) is 29.8 Å². The van der Waals surface area contributed by atoms with Gasteiger partial charge < -0.3 is 5.73 Å². The summed E-state index contributed by atoms with van der Waals surface area (Å²) in [5, 5.41) is 0. The molecule has 1 atom stereocenters. The van der Waals surface area contributed by atoms with E-state index in [0.717, 1.165) is 6.42 Å². The van der Waals surface area contributed by atoms with Crippen molar-refractivity contribution >= 4 is 11.8 Å². The Morgan fingerprint density at radius 2 is 2.00 bits per heavy atom. The first-order valence-electron chi connectivity index (χ1n) is 5.76. The van der Waals surface area contributed by atoms with Crippen molar-refractivity contribution in [3.8, 4) is 0 Å². The molecule has 1 nitrogen and oxygen atoms in total. The molecule has 0 amide bonds. The average Bonchev–Trinajstić information content (AvgIpc) is 2.29. The lowest BCUT2D eigenvalue weighted by Crippen LogP contribution is -2.09. The second-order valence-electron chi connectivity index (χ2n) is 3.75. The minimum Gasteiger partial charge on any atom is -0.324 e. The molecule has 0 heterocycles. The maximum Gasteiger partial charge on any atom is 0.0303 e. The summed E-state index contributed by atoms with van der Waals surface area (Å²) in [6, 6.07) is 8.71. The number of thioether (sulfide) groups is 1. The van der Waals surface area contributed by atoms with E-state index < -0.39 is 0 Å². The van der Waals surface area contributed by atoms with Gasteiger partial charge in [0.2, 0.25) is 0 Å². The highest BCUT2D eigenvalue weighted by atomic mass is 32.2. The van der Waals surface area contributed by atoms with E-state index in [0.29, 0.717) is 0 Å². The van der Waals surface area contributed by atoms with Crippen LogP contribution in [-0.2, 0) is 0 Å². The van der Waals surface area contributed by atoms with Gasteiger partial charge in [-0.05, 0) is 30.2 Å². The van der Waals surface area contributed by atoms with Crippen LogP contribution in [0.2, 0.25) is 0 Å². The highest BCUT2D eigenvalue weighted by Crippen LogP contribution is 2.28. The summed E-state index contributed by atoms with van der Waals surface area (Å²) >= 11 is 1.94. The van der Waals surface area contributed by atoms with Crippen molar-refractivity contribution in [3.63, 3.8) is 0 Å². The van der Waals surface area contributed by atoms with E-state index in [1.54, 1.807) is 0 Å². The van der Waals surface area contributed by atoms with Crippen LogP contribution in [0.5, 0.6) is 0 Å². The summed E-state index contributed by atoms with van der Waals surface area (Å²) < 4.78 is 0. The maximum absolute atomic E-state index is 6.09. The van der Waals surface area contributed by atoms with Crippen molar-refractivity contribution in [2.24, 2.45) is 5.73 Å². The van der Waals surface area contributed by atoms with Gasteiger partial charge in [-0.15, -0.1) is 11.8 Å². The molecule has 0 saturated carbocycles.